The number of benzene rings is 1. The molecule has 0 spiro atoms. The lowest BCUT2D eigenvalue weighted by atomic mass is 10.2. The standard InChI is InChI=1S/C9H5Br2FN2O/c10-4-8-13-9(15-14-8)5-1-2-6(11)7(12)3-5/h1-3H,4H2. The van der Waals surface area contributed by atoms with Gasteiger partial charge < -0.3 is 4.52 Å². The SMILES string of the molecule is Fc1cc(-c2nc(CBr)no2)ccc1Br. The number of hydrogen-bond donors (Lipinski definition) is 0. The Bertz CT molecular complexity index is 487. The molecule has 1 aromatic heterocycles. The second kappa shape index (κ2) is 4.40. The van der Waals surface area contributed by atoms with Crippen LogP contribution in [0.4, 0.5) is 4.39 Å². The highest BCUT2D eigenvalue weighted by atomic mass is 79.9. The Balaban J connectivity index is 2.40. The number of halogens is 3. The van der Waals surface area contributed by atoms with Crippen molar-refractivity contribution >= 4 is 31.9 Å². The fraction of sp³-hybridized carbons (Fsp3) is 0.111. The van der Waals surface area contributed by atoms with E-state index >= 15 is 0 Å². The zero-order valence-electron chi connectivity index (χ0n) is 7.38. The van der Waals surface area contributed by atoms with Gasteiger partial charge in [0, 0.05) is 5.56 Å². The summed E-state index contributed by atoms with van der Waals surface area (Å²) in [6.07, 6.45) is 0. The second-order valence-electron chi connectivity index (χ2n) is 2.78. The zero-order chi connectivity index (χ0) is 10.8. The van der Waals surface area contributed by atoms with Crippen LogP contribution in [-0.2, 0) is 5.33 Å². The first-order valence-electron chi connectivity index (χ1n) is 4.04. The lowest BCUT2D eigenvalue weighted by Gasteiger charge is -1.96. The third kappa shape index (κ3) is 2.26. The molecular weight excluding hydrogens is 331 g/mol. The fourth-order valence-electron chi connectivity index (χ4n) is 1.05. The van der Waals surface area contributed by atoms with Crippen molar-refractivity contribution < 1.29 is 8.91 Å². The van der Waals surface area contributed by atoms with E-state index in [1.165, 1.54) is 6.07 Å². The highest BCUT2D eigenvalue weighted by Gasteiger charge is 2.09. The summed E-state index contributed by atoms with van der Waals surface area (Å²) in [6.45, 7) is 0. The van der Waals surface area contributed by atoms with Crippen LogP contribution < -0.4 is 0 Å². The summed E-state index contributed by atoms with van der Waals surface area (Å²) in [5, 5.41) is 4.21. The summed E-state index contributed by atoms with van der Waals surface area (Å²) < 4.78 is 18.6. The van der Waals surface area contributed by atoms with E-state index in [1.807, 2.05) is 0 Å². The maximum atomic E-state index is 13.2. The van der Waals surface area contributed by atoms with Crippen LogP contribution in [0.15, 0.2) is 27.2 Å². The maximum absolute atomic E-state index is 13.2. The molecule has 0 fully saturated rings. The molecule has 2 aromatic rings. The van der Waals surface area contributed by atoms with Crippen molar-refractivity contribution in [1.29, 1.82) is 0 Å². The van der Waals surface area contributed by atoms with Gasteiger partial charge in [0.1, 0.15) is 5.82 Å². The van der Waals surface area contributed by atoms with Gasteiger partial charge in [0.15, 0.2) is 5.82 Å². The molecule has 0 aliphatic heterocycles. The van der Waals surface area contributed by atoms with Crippen molar-refractivity contribution in [3.8, 4) is 11.5 Å². The fourth-order valence-corrected chi connectivity index (χ4v) is 1.53. The van der Waals surface area contributed by atoms with E-state index in [0.717, 1.165) is 0 Å². The first-order chi connectivity index (χ1) is 7.20. The average Bonchev–Trinajstić information content (AvgIpc) is 2.70. The topological polar surface area (TPSA) is 38.9 Å². The summed E-state index contributed by atoms with van der Waals surface area (Å²) in [7, 11) is 0. The molecule has 0 unspecified atom stereocenters. The van der Waals surface area contributed by atoms with E-state index in [-0.39, 0.29) is 5.82 Å². The molecule has 0 atom stereocenters. The summed E-state index contributed by atoms with van der Waals surface area (Å²) in [5.74, 6) is 0.496. The van der Waals surface area contributed by atoms with Crippen molar-refractivity contribution in [3.05, 3.63) is 34.3 Å². The molecule has 0 aliphatic rings. The van der Waals surface area contributed by atoms with E-state index in [9.17, 15) is 4.39 Å². The molecule has 0 radical (unpaired) electrons. The van der Waals surface area contributed by atoms with Crippen LogP contribution in [0.5, 0.6) is 0 Å². The maximum Gasteiger partial charge on any atom is 0.258 e. The van der Waals surface area contributed by atoms with Gasteiger partial charge in [-0.2, -0.15) is 4.98 Å². The highest BCUT2D eigenvalue weighted by molar-refractivity contribution is 9.10. The van der Waals surface area contributed by atoms with E-state index in [2.05, 4.69) is 42.0 Å². The van der Waals surface area contributed by atoms with Gasteiger partial charge in [-0.05, 0) is 34.1 Å². The van der Waals surface area contributed by atoms with E-state index < -0.39 is 0 Å². The first-order valence-corrected chi connectivity index (χ1v) is 5.96. The Morgan fingerprint density at radius 2 is 2.20 bits per heavy atom. The molecule has 0 aliphatic carbocycles. The van der Waals surface area contributed by atoms with Gasteiger partial charge in [-0.3, -0.25) is 0 Å². The highest BCUT2D eigenvalue weighted by Crippen LogP contribution is 2.23. The van der Waals surface area contributed by atoms with E-state index in [1.54, 1.807) is 12.1 Å². The summed E-state index contributed by atoms with van der Waals surface area (Å²) in [4.78, 5) is 4.06. The number of hydrogen-bond acceptors (Lipinski definition) is 3. The van der Waals surface area contributed by atoms with Gasteiger partial charge in [-0.25, -0.2) is 4.39 Å². The van der Waals surface area contributed by atoms with Crippen LogP contribution in [0.2, 0.25) is 0 Å². The monoisotopic (exact) mass is 334 g/mol. The molecule has 0 saturated carbocycles. The van der Waals surface area contributed by atoms with Crippen LogP contribution in [0.25, 0.3) is 11.5 Å². The van der Waals surface area contributed by atoms with Gasteiger partial charge in [0.2, 0.25) is 0 Å². The summed E-state index contributed by atoms with van der Waals surface area (Å²) in [5.41, 5.74) is 0.565. The van der Waals surface area contributed by atoms with Gasteiger partial charge in [0.25, 0.3) is 5.89 Å². The first kappa shape index (κ1) is 10.8. The minimum atomic E-state index is -0.355. The second-order valence-corrected chi connectivity index (χ2v) is 4.19. The van der Waals surface area contributed by atoms with Crippen LogP contribution in [0, 0.1) is 5.82 Å². The number of nitrogens with zero attached hydrogens (tertiary/aromatic N) is 2. The molecular formula is C9H5Br2FN2O. The van der Waals surface area contributed by atoms with Crippen molar-refractivity contribution in [2.45, 2.75) is 5.33 Å². The Kier molecular flexibility index (Phi) is 3.16. The molecule has 78 valence electrons. The molecule has 0 saturated heterocycles. The average molecular weight is 336 g/mol. The molecule has 0 amide bonds. The summed E-state index contributed by atoms with van der Waals surface area (Å²) in [6, 6.07) is 4.65. The molecule has 2 rings (SSSR count). The normalized spacial score (nSPS) is 10.6. The largest absolute Gasteiger partial charge is 0.334 e. The van der Waals surface area contributed by atoms with Crippen molar-refractivity contribution in [3.63, 3.8) is 0 Å². The van der Waals surface area contributed by atoms with Gasteiger partial charge in [-0.15, -0.1) is 0 Å². The Morgan fingerprint density at radius 1 is 1.40 bits per heavy atom. The Hall–Kier alpha value is -0.750. The number of alkyl halides is 1. The minimum Gasteiger partial charge on any atom is -0.334 e. The van der Waals surface area contributed by atoms with Crippen LogP contribution in [-0.4, -0.2) is 10.1 Å². The van der Waals surface area contributed by atoms with Crippen molar-refractivity contribution in [2.75, 3.05) is 0 Å². The Labute approximate surface area is 102 Å². The van der Waals surface area contributed by atoms with Gasteiger partial charge in [-0.1, -0.05) is 21.1 Å². The molecule has 0 bridgehead atoms. The summed E-state index contributed by atoms with van der Waals surface area (Å²) >= 11 is 6.27. The van der Waals surface area contributed by atoms with Crippen LogP contribution >= 0.6 is 31.9 Å². The zero-order valence-corrected chi connectivity index (χ0v) is 10.5. The molecule has 1 aromatic carbocycles. The molecule has 15 heavy (non-hydrogen) atoms. The van der Waals surface area contributed by atoms with Crippen LogP contribution in [0.1, 0.15) is 5.82 Å². The lowest BCUT2D eigenvalue weighted by Crippen LogP contribution is -1.83. The third-order valence-electron chi connectivity index (χ3n) is 1.75. The molecule has 1 heterocycles. The molecule has 6 heteroatoms. The quantitative estimate of drug-likeness (QED) is 0.788. The molecule has 3 nitrogen and oxygen atoms in total. The predicted octanol–water partition coefficient (Wildman–Crippen LogP) is 3.53. The minimum absolute atomic E-state index is 0.316. The van der Waals surface area contributed by atoms with E-state index in [0.29, 0.717) is 27.1 Å². The Morgan fingerprint density at radius 3 is 2.80 bits per heavy atom. The van der Waals surface area contributed by atoms with Crippen LogP contribution in [0.3, 0.4) is 0 Å². The molecule has 0 N–H and O–H groups in total. The smallest absolute Gasteiger partial charge is 0.258 e. The third-order valence-corrected chi connectivity index (χ3v) is 2.90. The number of aromatic nitrogens is 2. The van der Waals surface area contributed by atoms with Gasteiger partial charge in [0.05, 0.1) is 9.80 Å². The number of rotatable bonds is 2. The lowest BCUT2D eigenvalue weighted by molar-refractivity contribution is 0.425. The van der Waals surface area contributed by atoms with E-state index in [4.69, 9.17) is 4.52 Å². The van der Waals surface area contributed by atoms with Crippen molar-refractivity contribution in [1.82, 2.24) is 10.1 Å². The van der Waals surface area contributed by atoms with Crippen molar-refractivity contribution in [2.24, 2.45) is 0 Å². The van der Waals surface area contributed by atoms with Gasteiger partial charge >= 0.3 is 0 Å². The predicted molar refractivity (Wildman–Crippen MR) is 60.0 cm³/mol.